The van der Waals surface area contributed by atoms with E-state index < -0.39 is 5.41 Å². The summed E-state index contributed by atoms with van der Waals surface area (Å²) in [6, 6.07) is 0. The van der Waals surface area contributed by atoms with Crippen LogP contribution in [0.25, 0.3) is 0 Å². The largest absolute Gasteiger partial charge is 0.369 e. The number of carbonyl (C=O) groups is 2. The molecule has 2 amide bonds. The van der Waals surface area contributed by atoms with E-state index in [9.17, 15) is 9.59 Å². The average molecular weight is 250 g/mol. The van der Waals surface area contributed by atoms with Crippen LogP contribution in [0.2, 0.25) is 0 Å². The third-order valence-corrected chi connectivity index (χ3v) is 4.47. The first-order chi connectivity index (χ1) is 8.51. The molecule has 0 heterocycles. The second-order valence-electron chi connectivity index (χ2n) is 5.69. The lowest BCUT2D eigenvalue weighted by molar-refractivity contribution is -0.128. The van der Waals surface area contributed by atoms with Crippen molar-refractivity contribution in [3.8, 4) is 0 Å². The summed E-state index contributed by atoms with van der Waals surface area (Å²) < 4.78 is 0. The summed E-state index contributed by atoms with van der Waals surface area (Å²) in [5, 5.41) is 2.65. The van der Waals surface area contributed by atoms with Gasteiger partial charge < -0.3 is 11.1 Å². The van der Waals surface area contributed by atoms with Crippen LogP contribution >= 0.6 is 0 Å². The monoisotopic (exact) mass is 250 g/mol. The molecular formula is C14H22N2O2. The van der Waals surface area contributed by atoms with Crippen molar-refractivity contribution in [3.63, 3.8) is 0 Å². The molecule has 0 aliphatic heterocycles. The molecule has 0 aromatic carbocycles. The lowest BCUT2D eigenvalue weighted by Crippen LogP contribution is -2.41. The van der Waals surface area contributed by atoms with E-state index in [1.165, 1.54) is 0 Å². The zero-order valence-electron chi connectivity index (χ0n) is 11.2. The molecule has 18 heavy (non-hydrogen) atoms. The van der Waals surface area contributed by atoms with Crippen molar-refractivity contribution < 1.29 is 9.59 Å². The molecule has 2 rings (SSSR count). The molecule has 2 atom stereocenters. The van der Waals surface area contributed by atoms with Crippen molar-refractivity contribution in [2.24, 2.45) is 23.0 Å². The SMILES string of the molecule is CNC(=O)/C(=C\C1CC1C)C1(C(N)=O)CCCC1. The number of hydrogen-bond acceptors (Lipinski definition) is 2. The Bertz CT molecular complexity index is 395. The summed E-state index contributed by atoms with van der Waals surface area (Å²) in [5.41, 5.74) is 5.49. The molecule has 2 unspecified atom stereocenters. The lowest BCUT2D eigenvalue weighted by Gasteiger charge is -2.27. The van der Waals surface area contributed by atoms with Crippen molar-refractivity contribution in [1.29, 1.82) is 0 Å². The molecule has 2 aliphatic rings. The summed E-state index contributed by atoms with van der Waals surface area (Å²) in [4.78, 5) is 24.0. The molecule has 0 aromatic heterocycles. The van der Waals surface area contributed by atoms with Gasteiger partial charge in [-0.3, -0.25) is 9.59 Å². The fourth-order valence-corrected chi connectivity index (χ4v) is 3.01. The van der Waals surface area contributed by atoms with E-state index in [4.69, 9.17) is 5.73 Å². The van der Waals surface area contributed by atoms with Crippen molar-refractivity contribution in [2.45, 2.75) is 39.0 Å². The van der Waals surface area contributed by atoms with E-state index in [1.54, 1.807) is 7.05 Å². The number of hydrogen-bond donors (Lipinski definition) is 2. The smallest absolute Gasteiger partial charge is 0.247 e. The second kappa shape index (κ2) is 4.75. The predicted molar refractivity (Wildman–Crippen MR) is 69.5 cm³/mol. The number of likely N-dealkylation sites (N-methyl/N-ethyl adjacent to an activating group) is 1. The molecular weight excluding hydrogens is 228 g/mol. The van der Waals surface area contributed by atoms with E-state index >= 15 is 0 Å². The fraction of sp³-hybridized carbons (Fsp3) is 0.714. The van der Waals surface area contributed by atoms with Crippen LogP contribution in [0.4, 0.5) is 0 Å². The molecule has 2 saturated carbocycles. The average Bonchev–Trinajstić information content (AvgIpc) is 2.83. The third-order valence-electron chi connectivity index (χ3n) is 4.47. The summed E-state index contributed by atoms with van der Waals surface area (Å²) in [7, 11) is 1.61. The Morgan fingerprint density at radius 2 is 1.89 bits per heavy atom. The molecule has 0 bridgehead atoms. The van der Waals surface area contributed by atoms with Crippen molar-refractivity contribution >= 4 is 11.8 Å². The van der Waals surface area contributed by atoms with Gasteiger partial charge in [-0.1, -0.05) is 25.8 Å². The topological polar surface area (TPSA) is 72.2 Å². The molecule has 100 valence electrons. The highest BCUT2D eigenvalue weighted by atomic mass is 16.2. The highest BCUT2D eigenvalue weighted by Crippen LogP contribution is 2.47. The number of allylic oxidation sites excluding steroid dienone is 1. The summed E-state index contributed by atoms with van der Waals surface area (Å²) in [5.74, 6) is 0.572. The number of nitrogens with one attached hydrogen (secondary N) is 1. The van der Waals surface area contributed by atoms with Crippen LogP contribution in [-0.2, 0) is 9.59 Å². The number of carbonyl (C=O) groups excluding carboxylic acids is 2. The second-order valence-corrected chi connectivity index (χ2v) is 5.69. The Labute approximate surface area is 108 Å². The van der Waals surface area contributed by atoms with Gasteiger partial charge in [0, 0.05) is 12.6 Å². The van der Waals surface area contributed by atoms with Crippen LogP contribution in [0.15, 0.2) is 11.6 Å². The van der Waals surface area contributed by atoms with E-state index in [1.807, 2.05) is 6.08 Å². The third kappa shape index (κ3) is 2.16. The van der Waals surface area contributed by atoms with Crippen LogP contribution in [0.1, 0.15) is 39.0 Å². The first-order valence-corrected chi connectivity index (χ1v) is 6.75. The van der Waals surface area contributed by atoms with Crippen LogP contribution in [0, 0.1) is 17.3 Å². The first kappa shape index (κ1) is 13.1. The highest BCUT2D eigenvalue weighted by Gasteiger charge is 2.46. The standard InChI is InChI=1S/C14H22N2O2/c1-9-7-10(9)8-11(12(17)16-2)14(13(15)18)5-3-4-6-14/h8-10H,3-7H2,1-2H3,(H2,15,18)(H,16,17)/b11-8+. The highest BCUT2D eigenvalue weighted by molar-refractivity contribution is 6.02. The maximum Gasteiger partial charge on any atom is 0.247 e. The van der Waals surface area contributed by atoms with Crippen molar-refractivity contribution in [1.82, 2.24) is 5.32 Å². The minimum absolute atomic E-state index is 0.144. The molecule has 2 aliphatic carbocycles. The Kier molecular flexibility index (Phi) is 3.46. The van der Waals surface area contributed by atoms with E-state index in [-0.39, 0.29) is 11.8 Å². The minimum atomic E-state index is -0.720. The first-order valence-electron chi connectivity index (χ1n) is 6.75. The molecule has 4 nitrogen and oxygen atoms in total. The fourth-order valence-electron chi connectivity index (χ4n) is 3.01. The zero-order chi connectivity index (χ0) is 13.3. The van der Waals surface area contributed by atoms with Gasteiger partial charge in [-0.2, -0.15) is 0 Å². The van der Waals surface area contributed by atoms with Gasteiger partial charge in [-0.15, -0.1) is 0 Å². The van der Waals surface area contributed by atoms with E-state index in [0.717, 1.165) is 19.3 Å². The number of primary amides is 1. The molecule has 0 spiro atoms. The van der Waals surface area contributed by atoms with Crippen LogP contribution in [-0.4, -0.2) is 18.9 Å². The van der Waals surface area contributed by atoms with Crippen molar-refractivity contribution in [2.75, 3.05) is 7.05 Å². The predicted octanol–water partition coefficient (Wildman–Crippen LogP) is 1.36. The summed E-state index contributed by atoms with van der Waals surface area (Å²) in [6.45, 7) is 2.16. The molecule has 2 fully saturated rings. The Morgan fingerprint density at radius 1 is 1.33 bits per heavy atom. The normalized spacial score (nSPS) is 30.0. The number of rotatable bonds is 4. The zero-order valence-corrected chi connectivity index (χ0v) is 11.2. The Balaban J connectivity index is 2.35. The molecule has 0 saturated heterocycles. The lowest BCUT2D eigenvalue weighted by atomic mass is 9.76. The summed E-state index contributed by atoms with van der Waals surface area (Å²) >= 11 is 0. The molecule has 0 radical (unpaired) electrons. The minimum Gasteiger partial charge on any atom is -0.369 e. The molecule has 0 aromatic rings. The van der Waals surface area contributed by atoms with Gasteiger partial charge in [0.1, 0.15) is 0 Å². The van der Waals surface area contributed by atoms with Gasteiger partial charge in [0.05, 0.1) is 5.41 Å². The number of amides is 2. The van der Waals surface area contributed by atoms with Gasteiger partial charge >= 0.3 is 0 Å². The van der Waals surface area contributed by atoms with E-state index in [2.05, 4.69) is 12.2 Å². The summed E-state index contributed by atoms with van der Waals surface area (Å²) in [6.07, 6.45) is 6.47. The number of nitrogens with two attached hydrogens (primary N) is 1. The van der Waals surface area contributed by atoms with Crippen LogP contribution < -0.4 is 11.1 Å². The van der Waals surface area contributed by atoms with E-state index in [0.29, 0.717) is 30.3 Å². The quantitative estimate of drug-likeness (QED) is 0.739. The van der Waals surface area contributed by atoms with Gasteiger partial charge in [0.25, 0.3) is 0 Å². The van der Waals surface area contributed by atoms with Gasteiger partial charge in [0.15, 0.2) is 0 Å². The molecule has 4 heteroatoms. The maximum absolute atomic E-state index is 12.1. The van der Waals surface area contributed by atoms with Gasteiger partial charge in [0.2, 0.25) is 11.8 Å². The van der Waals surface area contributed by atoms with Gasteiger partial charge in [-0.25, -0.2) is 0 Å². The Hall–Kier alpha value is -1.32. The maximum atomic E-state index is 12.1. The van der Waals surface area contributed by atoms with Crippen molar-refractivity contribution in [3.05, 3.63) is 11.6 Å². The van der Waals surface area contributed by atoms with Gasteiger partial charge in [-0.05, 0) is 31.1 Å². The van der Waals surface area contributed by atoms with Crippen LogP contribution in [0.3, 0.4) is 0 Å². The van der Waals surface area contributed by atoms with Crippen LogP contribution in [0.5, 0.6) is 0 Å². The molecule has 3 N–H and O–H groups in total. The Morgan fingerprint density at radius 3 is 2.28 bits per heavy atom.